The van der Waals surface area contributed by atoms with Crippen molar-refractivity contribution >= 4 is 11.9 Å². The second kappa shape index (κ2) is 7.29. The largest absolute Gasteiger partial charge is 0.507 e. The van der Waals surface area contributed by atoms with Crippen LogP contribution >= 0.6 is 0 Å². The van der Waals surface area contributed by atoms with Gasteiger partial charge in [0.15, 0.2) is 6.61 Å². The zero-order valence-electron chi connectivity index (χ0n) is 13.1. The van der Waals surface area contributed by atoms with E-state index in [4.69, 9.17) is 4.74 Å². The van der Waals surface area contributed by atoms with Gasteiger partial charge in [-0.25, -0.2) is 4.79 Å². The van der Waals surface area contributed by atoms with Gasteiger partial charge < -0.3 is 15.2 Å². The maximum absolute atomic E-state index is 11.9. The van der Waals surface area contributed by atoms with Crippen LogP contribution in [0.1, 0.15) is 48.5 Å². The van der Waals surface area contributed by atoms with Crippen LogP contribution < -0.4 is 5.32 Å². The lowest BCUT2D eigenvalue weighted by Gasteiger charge is -2.29. The monoisotopic (exact) mass is 305 g/mol. The zero-order valence-corrected chi connectivity index (χ0v) is 13.1. The second-order valence-corrected chi connectivity index (χ2v) is 6.03. The highest BCUT2D eigenvalue weighted by Crippen LogP contribution is 2.23. The molecule has 0 radical (unpaired) electrons. The molecule has 1 aromatic carbocycles. The van der Waals surface area contributed by atoms with Crippen molar-refractivity contribution in [3.05, 3.63) is 29.3 Å². The summed E-state index contributed by atoms with van der Waals surface area (Å²) in [5.41, 5.74) is 0.920. The molecule has 0 heterocycles. The lowest BCUT2D eigenvalue weighted by molar-refractivity contribution is -0.125. The molecule has 1 saturated carbocycles. The highest BCUT2D eigenvalue weighted by molar-refractivity contribution is 5.94. The van der Waals surface area contributed by atoms with Gasteiger partial charge in [-0.1, -0.05) is 31.4 Å². The Bertz CT molecular complexity index is 556. The molecule has 5 nitrogen and oxygen atoms in total. The molecule has 1 aromatic rings. The molecule has 0 aliphatic heterocycles. The van der Waals surface area contributed by atoms with Crippen molar-refractivity contribution in [2.75, 3.05) is 6.61 Å². The molecule has 1 aliphatic carbocycles. The SMILES string of the molecule is Cc1ccc(O)c(C(=O)OCC(=O)N[C@H]2CCCC[C@@H]2C)c1. The number of ether oxygens (including phenoxy) is 1. The molecule has 120 valence electrons. The Morgan fingerprint density at radius 3 is 2.77 bits per heavy atom. The van der Waals surface area contributed by atoms with Crippen molar-refractivity contribution < 1.29 is 19.4 Å². The van der Waals surface area contributed by atoms with Gasteiger partial charge in [0.2, 0.25) is 0 Å². The predicted molar refractivity (Wildman–Crippen MR) is 82.7 cm³/mol. The Hall–Kier alpha value is -2.04. The molecule has 0 bridgehead atoms. The van der Waals surface area contributed by atoms with Crippen LogP contribution in [0.4, 0.5) is 0 Å². The Morgan fingerprint density at radius 1 is 1.32 bits per heavy atom. The standard InChI is InChI=1S/C17H23NO4/c1-11-7-8-15(19)13(9-11)17(21)22-10-16(20)18-14-6-4-3-5-12(14)2/h7-9,12,14,19H,3-6,10H2,1-2H3,(H,18,20)/t12-,14-/m0/s1. The number of rotatable bonds is 4. The van der Waals surface area contributed by atoms with E-state index < -0.39 is 5.97 Å². The molecule has 22 heavy (non-hydrogen) atoms. The Balaban J connectivity index is 1.85. The number of benzene rings is 1. The Labute approximate surface area is 130 Å². The highest BCUT2D eigenvalue weighted by atomic mass is 16.5. The molecule has 1 aliphatic rings. The molecule has 2 N–H and O–H groups in total. The summed E-state index contributed by atoms with van der Waals surface area (Å²) in [6.45, 7) is 3.61. The number of carbonyl (C=O) groups excluding carboxylic acids is 2. The minimum atomic E-state index is -0.687. The lowest BCUT2D eigenvalue weighted by Crippen LogP contribution is -2.42. The molecule has 2 rings (SSSR count). The number of hydrogen-bond donors (Lipinski definition) is 2. The molecule has 0 saturated heterocycles. The van der Waals surface area contributed by atoms with Crippen LogP contribution in [0, 0.1) is 12.8 Å². The van der Waals surface area contributed by atoms with Gasteiger partial charge in [0, 0.05) is 6.04 Å². The first-order chi connectivity index (χ1) is 10.5. The summed E-state index contributed by atoms with van der Waals surface area (Å²) in [5, 5.41) is 12.6. The molecular weight excluding hydrogens is 282 g/mol. The number of esters is 1. The number of carbonyl (C=O) groups is 2. The number of aryl methyl sites for hydroxylation is 1. The number of phenols is 1. The van der Waals surface area contributed by atoms with Crippen LogP contribution in [-0.2, 0) is 9.53 Å². The molecule has 1 fully saturated rings. The van der Waals surface area contributed by atoms with Gasteiger partial charge in [0.1, 0.15) is 11.3 Å². The van der Waals surface area contributed by atoms with E-state index in [0.717, 1.165) is 24.8 Å². The maximum atomic E-state index is 11.9. The van der Waals surface area contributed by atoms with Gasteiger partial charge in [0.05, 0.1) is 0 Å². The third-order valence-electron chi connectivity index (χ3n) is 4.16. The van der Waals surface area contributed by atoms with E-state index in [1.807, 2.05) is 6.92 Å². The Kier molecular flexibility index (Phi) is 5.41. The van der Waals surface area contributed by atoms with E-state index in [0.29, 0.717) is 5.92 Å². The van der Waals surface area contributed by atoms with Gasteiger partial charge in [-0.05, 0) is 37.8 Å². The van der Waals surface area contributed by atoms with E-state index in [1.54, 1.807) is 12.1 Å². The molecule has 0 spiro atoms. The van der Waals surface area contributed by atoms with E-state index >= 15 is 0 Å². The average molecular weight is 305 g/mol. The van der Waals surface area contributed by atoms with E-state index in [1.165, 1.54) is 12.5 Å². The van der Waals surface area contributed by atoms with Crippen LogP contribution in [0.2, 0.25) is 0 Å². The van der Waals surface area contributed by atoms with Crippen molar-refractivity contribution in [2.45, 2.75) is 45.6 Å². The third kappa shape index (κ3) is 4.23. The second-order valence-electron chi connectivity index (χ2n) is 6.03. The van der Waals surface area contributed by atoms with Gasteiger partial charge in [-0.15, -0.1) is 0 Å². The van der Waals surface area contributed by atoms with Gasteiger partial charge in [-0.2, -0.15) is 0 Å². The normalized spacial score (nSPS) is 21.2. The fourth-order valence-corrected chi connectivity index (χ4v) is 2.80. The fraction of sp³-hybridized carbons (Fsp3) is 0.529. The van der Waals surface area contributed by atoms with Crippen LogP contribution in [0.15, 0.2) is 18.2 Å². The van der Waals surface area contributed by atoms with Gasteiger partial charge in [0.25, 0.3) is 5.91 Å². The fourth-order valence-electron chi connectivity index (χ4n) is 2.80. The lowest BCUT2D eigenvalue weighted by atomic mass is 9.86. The van der Waals surface area contributed by atoms with Crippen molar-refractivity contribution in [3.63, 3.8) is 0 Å². The molecule has 0 unspecified atom stereocenters. The number of nitrogens with one attached hydrogen (secondary N) is 1. The molecule has 1 amide bonds. The van der Waals surface area contributed by atoms with E-state index in [9.17, 15) is 14.7 Å². The topological polar surface area (TPSA) is 75.6 Å². The van der Waals surface area contributed by atoms with Crippen molar-refractivity contribution in [1.82, 2.24) is 5.32 Å². The number of amides is 1. The maximum Gasteiger partial charge on any atom is 0.342 e. The van der Waals surface area contributed by atoms with Crippen molar-refractivity contribution in [2.24, 2.45) is 5.92 Å². The highest BCUT2D eigenvalue weighted by Gasteiger charge is 2.23. The number of aromatic hydroxyl groups is 1. The number of hydrogen-bond acceptors (Lipinski definition) is 4. The summed E-state index contributed by atoms with van der Waals surface area (Å²) >= 11 is 0. The van der Waals surface area contributed by atoms with Crippen LogP contribution in [0.3, 0.4) is 0 Å². The molecule has 0 aromatic heterocycles. The van der Waals surface area contributed by atoms with E-state index in [2.05, 4.69) is 12.2 Å². The van der Waals surface area contributed by atoms with Crippen molar-refractivity contribution in [3.8, 4) is 5.75 Å². The van der Waals surface area contributed by atoms with Gasteiger partial charge in [-0.3, -0.25) is 4.79 Å². The predicted octanol–water partition coefficient (Wildman–Crippen LogP) is 2.55. The van der Waals surface area contributed by atoms with Crippen LogP contribution in [-0.4, -0.2) is 29.6 Å². The minimum Gasteiger partial charge on any atom is -0.507 e. The van der Waals surface area contributed by atoms with Crippen LogP contribution in [0.25, 0.3) is 0 Å². The molecule has 5 heteroatoms. The van der Waals surface area contributed by atoms with Crippen LogP contribution in [0.5, 0.6) is 5.75 Å². The summed E-state index contributed by atoms with van der Waals surface area (Å²) in [4.78, 5) is 23.8. The molecular formula is C17H23NO4. The zero-order chi connectivity index (χ0) is 16.1. The summed E-state index contributed by atoms with van der Waals surface area (Å²) < 4.78 is 4.99. The summed E-state index contributed by atoms with van der Waals surface area (Å²) in [5.74, 6) is -0.668. The first-order valence-corrected chi connectivity index (χ1v) is 7.73. The first-order valence-electron chi connectivity index (χ1n) is 7.73. The molecule has 2 atom stereocenters. The quantitative estimate of drug-likeness (QED) is 0.838. The first kappa shape index (κ1) is 16.3. The Morgan fingerprint density at radius 2 is 2.05 bits per heavy atom. The van der Waals surface area contributed by atoms with Gasteiger partial charge >= 0.3 is 5.97 Å². The smallest absolute Gasteiger partial charge is 0.342 e. The summed E-state index contributed by atoms with van der Waals surface area (Å²) in [6.07, 6.45) is 4.41. The van der Waals surface area contributed by atoms with E-state index in [-0.39, 0.29) is 29.9 Å². The average Bonchev–Trinajstić information content (AvgIpc) is 2.49. The van der Waals surface area contributed by atoms with Crippen molar-refractivity contribution in [1.29, 1.82) is 0 Å². The summed E-state index contributed by atoms with van der Waals surface area (Å²) in [6, 6.07) is 4.84. The summed E-state index contributed by atoms with van der Waals surface area (Å²) in [7, 11) is 0. The minimum absolute atomic E-state index is 0.0823. The number of phenolic OH excluding ortho intramolecular Hbond substituents is 1. The third-order valence-corrected chi connectivity index (χ3v) is 4.16.